The summed E-state index contributed by atoms with van der Waals surface area (Å²) in [5.74, 6) is -18.0. The number of benzene rings is 1. The Morgan fingerprint density at radius 3 is 1.90 bits per heavy atom. The van der Waals surface area contributed by atoms with Crippen LogP contribution < -0.4 is 9.47 Å². The number of nitrogens with zero attached hydrogens (tertiary/aromatic N) is 2. The Morgan fingerprint density at radius 2 is 1.32 bits per heavy atom. The first-order valence-corrected chi connectivity index (χ1v) is 13.1. The van der Waals surface area contributed by atoms with Gasteiger partial charge in [-0.2, -0.15) is 39.5 Å². The van der Waals surface area contributed by atoms with E-state index in [0.29, 0.717) is 23.6 Å². The van der Waals surface area contributed by atoms with Gasteiger partial charge in [0, 0.05) is 12.0 Å². The van der Waals surface area contributed by atoms with Crippen molar-refractivity contribution in [2.24, 2.45) is 0 Å². The summed E-state index contributed by atoms with van der Waals surface area (Å²) in [4.78, 5) is 8.27. The molecular weight excluding hydrogens is 574 g/mol. The topological polar surface area (TPSA) is 44.2 Å². The predicted molar refractivity (Wildman–Crippen MR) is 131 cm³/mol. The van der Waals surface area contributed by atoms with Gasteiger partial charge in [0.25, 0.3) is 0 Å². The van der Waals surface area contributed by atoms with E-state index in [0.717, 1.165) is 25.7 Å². The number of ether oxygens (including phenoxy) is 2. The smallest absolute Gasteiger partial charge is 0.460 e. The molecular formula is C27H32F10N2O2. The minimum atomic E-state index is -6.87. The summed E-state index contributed by atoms with van der Waals surface area (Å²) in [6.45, 7) is 1.95. The van der Waals surface area contributed by atoms with Crippen LogP contribution >= 0.6 is 0 Å². The molecule has 1 aromatic heterocycles. The maximum absolute atomic E-state index is 13.9. The van der Waals surface area contributed by atoms with Gasteiger partial charge in [-0.15, -0.1) is 0 Å². The summed E-state index contributed by atoms with van der Waals surface area (Å²) in [7, 11) is 0. The Labute approximate surface area is 231 Å². The van der Waals surface area contributed by atoms with Gasteiger partial charge in [0.15, 0.2) is 11.6 Å². The molecule has 1 heterocycles. The van der Waals surface area contributed by atoms with Crippen LogP contribution in [0.25, 0.3) is 11.4 Å². The van der Waals surface area contributed by atoms with Crippen molar-refractivity contribution in [3.8, 4) is 22.9 Å². The van der Waals surface area contributed by atoms with E-state index < -0.39 is 43.0 Å². The number of hydrogen-bond donors (Lipinski definition) is 0. The number of rotatable bonds is 18. The molecule has 0 radical (unpaired) electrons. The van der Waals surface area contributed by atoms with E-state index in [-0.39, 0.29) is 31.8 Å². The van der Waals surface area contributed by atoms with Crippen LogP contribution in [0.15, 0.2) is 36.7 Å². The molecule has 0 amide bonds. The lowest BCUT2D eigenvalue weighted by Gasteiger charge is -2.33. The number of halogens is 10. The Hall–Kier alpha value is -2.80. The monoisotopic (exact) mass is 606 g/mol. The predicted octanol–water partition coefficient (Wildman–Crippen LogP) is 9.24. The van der Waals surface area contributed by atoms with Crippen LogP contribution in [-0.2, 0) is 0 Å². The molecule has 0 spiro atoms. The van der Waals surface area contributed by atoms with Crippen molar-refractivity contribution in [1.29, 1.82) is 0 Å². The number of aromatic nitrogens is 2. The zero-order valence-corrected chi connectivity index (χ0v) is 22.3. The van der Waals surface area contributed by atoms with Crippen LogP contribution in [0.4, 0.5) is 43.9 Å². The van der Waals surface area contributed by atoms with Crippen molar-refractivity contribution >= 4 is 0 Å². The highest BCUT2D eigenvalue weighted by molar-refractivity contribution is 5.56. The normalized spacial score (nSPS) is 13.7. The molecule has 2 rings (SSSR count). The third-order valence-corrected chi connectivity index (χ3v) is 6.16. The van der Waals surface area contributed by atoms with Crippen LogP contribution in [0.1, 0.15) is 64.7 Å². The van der Waals surface area contributed by atoms with Crippen LogP contribution in [0.5, 0.6) is 11.5 Å². The lowest BCUT2D eigenvalue weighted by Crippen LogP contribution is -2.60. The van der Waals surface area contributed by atoms with Crippen molar-refractivity contribution in [2.75, 3.05) is 13.2 Å². The number of hydrogen-bond acceptors (Lipinski definition) is 4. The van der Waals surface area contributed by atoms with Gasteiger partial charge < -0.3 is 9.47 Å². The zero-order chi connectivity index (χ0) is 30.7. The second-order valence-electron chi connectivity index (χ2n) is 9.53. The first kappa shape index (κ1) is 34.4. The first-order valence-electron chi connectivity index (χ1n) is 13.1. The average Bonchev–Trinajstić information content (AvgIpc) is 2.91. The lowest BCUT2D eigenvalue weighted by molar-refractivity contribution is -0.396. The van der Waals surface area contributed by atoms with Gasteiger partial charge in [-0.25, -0.2) is 14.4 Å². The maximum Gasteiger partial charge on any atom is 0.460 e. The summed E-state index contributed by atoms with van der Waals surface area (Å²) in [6.07, 6.45) is -3.58. The van der Waals surface area contributed by atoms with Gasteiger partial charge in [-0.1, -0.05) is 32.6 Å². The van der Waals surface area contributed by atoms with Gasteiger partial charge in [-0.3, -0.25) is 0 Å². The Kier molecular flexibility index (Phi) is 12.5. The lowest BCUT2D eigenvalue weighted by atomic mass is 9.98. The molecule has 0 bridgehead atoms. The van der Waals surface area contributed by atoms with Crippen LogP contribution in [0, 0.1) is 0 Å². The highest BCUT2D eigenvalue weighted by atomic mass is 19.4. The largest absolute Gasteiger partial charge is 0.491 e. The van der Waals surface area contributed by atoms with Crippen LogP contribution in [0.3, 0.4) is 0 Å². The molecule has 1 atom stereocenters. The molecule has 0 saturated carbocycles. The van der Waals surface area contributed by atoms with Gasteiger partial charge >= 0.3 is 23.9 Å². The Bertz CT molecular complexity index is 1030. The quantitative estimate of drug-likeness (QED) is 0.125. The minimum Gasteiger partial charge on any atom is -0.491 e. The minimum absolute atomic E-state index is 0.0268. The third kappa shape index (κ3) is 9.63. The van der Waals surface area contributed by atoms with E-state index in [1.165, 1.54) is 12.4 Å². The fraction of sp³-hybridized carbons (Fsp3) is 0.630. The van der Waals surface area contributed by atoms with Crippen LogP contribution in [-0.4, -0.2) is 53.3 Å². The van der Waals surface area contributed by atoms with Gasteiger partial charge in [0.1, 0.15) is 18.5 Å². The molecule has 1 aromatic carbocycles. The average molecular weight is 607 g/mol. The molecule has 0 N–H and O–H groups in total. The molecule has 0 aliphatic heterocycles. The molecule has 4 nitrogen and oxygen atoms in total. The third-order valence-electron chi connectivity index (χ3n) is 6.16. The van der Waals surface area contributed by atoms with Crippen molar-refractivity contribution in [1.82, 2.24) is 9.97 Å². The summed E-state index contributed by atoms with van der Waals surface area (Å²) < 4.78 is 141. The van der Waals surface area contributed by atoms with E-state index >= 15 is 0 Å². The second-order valence-corrected chi connectivity index (χ2v) is 9.53. The van der Waals surface area contributed by atoms with Crippen molar-refractivity contribution < 1.29 is 53.4 Å². The van der Waals surface area contributed by atoms with E-state index in [1.807, 2.05) is 0 Å². The summed E-state index contributed by atoms with van der Waals surface area (Å²) in [6, 6.07) is 6.67. The molecule has 0 unspecified atom stereocenters. The maximum atomic E-state index is 13.9. The first-order chi connectivity index (χ1) is 19.1. The fourth-order valence-electron chi connectivity index (χ4n) is 3.68. The molecule has 14 heteroatoms. The van der Waals surface area contributed by atoms with E-state index in [9.17, 15) is 43.9 Å². The van der Waals surface area contributed by atoms with Crippen molar-refractivity contribution in [3.05, 3.63) is 36.7 Å². The number of unbranched alkanes of at least 4 members (excludes halogenated alkanes) is 5. The Balaban J connectivity index is 1.74. The van der Waals surface area contributed by atoms with Crippen molar-refractivity contribution in [3.63, 3.8) is 0 Å². The van der Waals surface area contributed by atoms with Gasteiger partial charge in [0.05, 0.1) is 19.0 Å². The molecule has 0 saturated heterocycles. The number of alkyl halides is 10. The highest BCUT2D eigenvalue weighted by Crippen LogP contribution is 2.54. The standard InChI is InChI=1S/C27H32F10N2O2/c1-2-3-4-6-9-20(28)18-41-21-12-10-19(11-13-21)23-38-16-22(17-39-23)40-15-8-5-7-14-24(29,30)25(31,32)26(33,34)27(35,36)37/h10-13,16-17,20H,2-9,14-15,18H2,1H3/t20-/m0/s1. The van der Waals surface area contributed by atoms with Crippen molar-refractivity contribution in [2.45, 2.75) is 94.8 Å². The molecule has 0 aliphatic rings. The second kappa shape index (κ2) is 14.9. The van der Waals surface area contributed by atoms with E-state index in [4.69, 9.17) is 9.47 Å². The summed E-state index contributed by atoms with van der Waals surface area (Å²) in [5, 5.41) is 0. The molecule has 0 aliphatic carbocycles. The van der Waals surface area contributed by atoms with E-state index in [1.54, 1.807) is 24.3 Å². The molecule has 0 fully saturated rings. The summed E-state index contributed by atoms with van der Waals surface area (Å²) in [5.41, 5.74) is 0.633. The van der Waals surface area contributed by atoms with E-state index in [2.05, 4.69) is 16.9 Å². The Morgan fingerprint density at radius 1 is 0.707 bits per heavy atom. The molecule has 2 aromatic rings. The van der Waals surface area contributed by atoms with Gasteiger partial charge in [-0.05, 0) is 49.9 Å². The van der Waals surface area contributed by atoms with Gasteiger partial charge in [0.2, 0.25) is 0 Å². The zero-order valence-electron chi connectivity index (χ0n) is 22.3. The fourth-order valence-corrected chi connectivity index (χ4v) is 3.68. The highest BCUT2D eigenvalue weighted by Gasteiger charge is 2.81. The molecule has 41 heavy (non-hydrogen) atoms. The SMILES string of the molecule is CCCCCC[C@H](F)COc1ccc(-c2ncc(OCCCCCC(F)(F)C(F)(F)C(F)(F)C(F)(F)F)cn2)cc1. The van der Waals surface area contributed by atoms with Crippen LogP contribution in [0.2, 0.25) is 0 Å². The summed E-state index contributed by atoms with van der Waals surface area (Å²) >= 11 is 0. The molecule has 232 valence electrons.